The SMILES string of the molecule is CCc1ccccc1-n1c(C)cc(C=C2C(=O)c3ccccc3C2=O)c1C. The topological polar surface area (TPSA) is 39.1 Å². The molecular weight excluding hydrogens is 334 g/mol. The number of rotatable bonds is 3. The van der Waals surface area contributed by atoms with Crippen molar-refractivity contribution in [1.82, 2.24) is 4.57 Å². The highest BCUT2D eigenvalue weighted by Crippen LogP contribution is 2.30. The zero-order chi connectivity index (χ0) is 19.1. The molecule has 1 aliphatic carbocycles. The maximum atomic E-state index is 12.7. The highest BCUT2D eigenvalue weighted by atomic mass is 16.2. The first-order chi connectivity index (χ1) is 13.0. The zero-order valence-electron chi connectivity index (χ0n) is 15.7. The summed E-state index contributed by atoms with van der Waals surface area (Å²) in [6.07, 6.45) is 2.69. The Bertz CT molecular complexity index is 1080. The van der Waals surface area contributed by atoms with Gasteiger partial charge in [0.15, 0.2) is 11.6 Å². The molecule has 2 aromatic carbocycles. The van der Waals surface area contributed by atoms with Crippen LogP contribution in [0.5, 0.6) is 0 Å². The van der Waals surface area contributed by atoms with E-state index in [9.17, 15) is 9.59 Å². The van der Waals surface area contributed by atoms with Crippen LogP contribution in [0.2, 0.25) is 0 Å². The summed E-state index contributed by atoms with van der Waals surface area (Å²) in [4.78, 5) is 25.4. The van der Waals surface area contributed by atoms with Crippen LogP contribution in [-0.4, -0.2) is 16.1 Å². The number of Topliss-reactive ketones (excluding diaryl/α,β-unsaturated/α-hetero) is 2. The third-order valence-corrected chi connectivity index (χ3v) is 5.29. The third-order valence-electron chi connectivity index (χ3n) is 5.29. The van der Waals surface area contributed by atoms with Crippen LogP contribution in [0.25, 0.3) is 11.8 Å². The van der Waals surface area contributed by atoms with Gasteiger partial charge in [-0.2, -0.15) is 0 Å². The number of aryl methyl sites for hydroxylation is 2. The smallest absolute Gasteiger partial charge is 0.197 e. The molecule has 3 heteroatoms. The first kappa shape index (κ1) is 17.2. The fourth-order valence-electron chi connectivity index (χ4n) is 3.89. The largest absolute Gasteiger partial charge is 0.318 e. The molecule has 0 saturated heterocycles. The number of carbonyl (C=O) groups is 2. The molecule has 0 saturated carbocycles. The van der Waals surface area contributed by atoms with E-state index in [2.05, 4.69) is 30.5 Å². The molecule has 27 heavy (non-hydrogen) atoms. The molecular formula is C24H21NO2. The molecule has 134 valence electrons. The second kappa shape index (κ2) is 6.51. The maximum Gasteiger partial charge on any atom is 0.197 e. The van der Waals surface area contributed by atoms with Crippen molar-refractivity contribution in [2.75, 3.05) is 0 Å². The first-order valence-electron chi connectivity index (χ1n) is 9.20. The normalized spacial score (nSPS) is 13.2. The summed E-state index contributed by atoms with van der Waals surface area (Å²) in [5.74, 6) is -0.372. The van der Waals surface area contributed by atoms with E-state index < -0.39 is 0 Å². The average molecular weight is 355 g/mol. The highest BCUT2D eigenvalue weighted by molar-refractivity contribution is 6.41. The lowest BCUT2D eigenvalue weighted by Gasteiger charge is -2.14. The van der Waals surface area contributed by atoms with Crippen LogP contribution < -0.4 is 0 Å². The van der Waals surface area contributed by atoms with Crippen LogP contribution in [0, 0.1) is 13.8 Å². The van der Waals surface area contributed by atoms with Gasteiger partial charge in [-0.05, 0) is 49.6 Å². The molecule has 0 atom stereocenters. The minimum absolute atomic E-state index is 0.186. The van der Waals surface area contributed by atoms with Gasteiger partial charge in [0.2, 0.25) is 0 Å². The Hall–Kier alpha value is -3.20. The Morgan fingerprint density at radius 3 is 2.11 bits per heavy atom. The minimum Gasteiger partial charge on any atom is -0.318 e. The second-order valence-corrected chi connectivity index (χ2v) is 6.91. The van der Waals surface area contributed by atoms with Gasteiger partial charge in [-0.15, -0.1) is 0 Å². The number of fused-ring (bicyclic) bond motifs is 1. The molecule has 1 heterocycles. The summed E-state index contributed by atoms with van der Waals surface area (Å²) in [5.41, 5.74) is 6.67. The van der Waals surface area contributed by atoms with E-state index in [1.54, 1.807) is 30.3 Å². The van der Waals surface area contributed by atoms with Crippen LogP contribution in [0.1, 0.15) is 50.2 Å². The number of hydrogen-bond acceptors (Lipinski definition) is 2. The van der Waals surface area contributed by atoms with Gasteiger partial charge in [-0.1, -0.05) is 49.4 Å². The molecule has 4 rings (SSSR count). The van der Waals surface area contributed by atoms with Gasteiger partial charge < -0.3 is 4.57 Å². The average Bonchev–Trinajstić information content (AvgIpc) is 3.10. The maximum absolute atomic E-state index is 12.7. The summed E-state index contributed by atoms with van der Waals surface area (Å²) >= 11 is 0. The minimum atomic E-state index is -0.186. The predicted octanol–water partition coefficient (Wildman–Crippen LogP) is 5.12. The Morgan fingerprint density at radius 2 is 1.48 bits per heavy atom. The lowest BCUT2D eigenvalue weighted by molar-refractivity contribution is 0.0990. The number of allylic oxidation sites excluding steroid dienone is 1. The van der Waals surface area contributed by atoms with Crippen molar-refractivity contribution in [3.05, 3.63) is 93.8 Å². The molecule has 0 fully saturated rings. The number of carbonyl (C=O) groups excluding carboxylic acids is 2. The van der Waals surface area contributed by atoms with Gasteiger partial charge in [0.05, 0.1) is 5.57 Å². The molecule has 0 radical (unpaired) electrons. The quantitative estimate of drug-likeness (QED) is 0.483. The molecule has 0 unspecified atom stereocenters. The Balaban J connectivity index is 1.83. The van der Waals surface area contributed by atoms with E-state index in [0.717, 1.165) is 29.1 Å². The number of benzene rings is 2. The molecule has 3 nitrogen and oxygen atoms in total. The number of para-hydroxylation sites is 1. The summed E-state index contributed by atoms with van der Waals surface area (Å²) in [7, 11) is 0. The van der Waals surface area contributed by atoms with Crippen LogP contribution in [0.3, 0.4) is 0 Å². The van der Waals surface area contributed by atoms with E-state index in [1.165, 1.54) is 5.56 Å². The van der Waals surface area contributed by atoms with Gasteiger partial charge in [-0.3, -0.25) is 9.59 Å². The summed E-state index contributed by atoms with van der Waals surface area (Å²) < 4.78 is 2.20. The van der Waals surface area contributed by atoms with Gasteiger partial charge >= 0.3 is 0 Å². The summed E-state index contributed by atoms with van der Waals surface area (Å²) in [5, 5.41) is 0. The molecule has 3 aromatic rings. The molecule has 0 bridgehead atoms. The Labute approximate surface area is 159 Å². The molecule has 1 aliphatic rings. The van der Waals surface area contributed by atoms with Crippen LogP contribution in [-0.2, 0) is 6.42 Å². The number of nitrogens with zero attached hydrogens (tertiary/aromatic N) is 1. The monoisotopic (exact) mass is 355 g/mol. The van der Waals surface area contributed by atoms with Gasteiger partial charge in [0, 0.05) is 28.2 Å². The second-order valence-electron chi connectivity index (χ2n) is 6.91. The van der Waals surface area contributed by atoms with Crippen molar-refractivity contribution in [1.29, 1.82) is 0 Å². The fraction of sp³-hybridized carbons (Fsp3) is 0.167. The molecule has 0 spiro atoms. The summed E-state index contributed by atoms with van der Waals surface area (Å²) in [6.45, 7) is 6.22. The van der Waals surface area contributed by atoms with Crippen molar-refractivity contribution in [3.8, 4) is 5.69 Å². The van der Waals surface area contributed by atoms with Crippen molar-refractivity contribution in [3.63, 3.8) is 0 Å². The van der Waals surface area contributed by atoms with Crippen LogP contribution in [0.15, 0.2) is 60.2 Å². The molecule has 0 N–H and O–H groups in total. The van der Waals surface area contributed by atoms with Gasteiger partial charge in [-0.25, -0.2) is 0 Å². The van der Waals surface area contributed by atoms with E-state index in [1.807, 2.05) is 25.1 Å². The number of ketones is 2. The Morgan fingerprint density at radius 1 is 0.889 bits per heavy atom. The standard InChI is InChI=1S/C24H21NO2/c1-4-17-9-5-8-12-22(17)25-15(2)13-18(16(25)3)14-21-23(26)19-10-6-7-11-20(19)24(21)27/h5-14H,4H2,1-3H3. The number of hydrogen-bond donors (Lipinski definition) is 0. The fourth-order valence-corrected chi connectivity index (χ4v) is 3.89. The van der Waals surface area contributed by atoms with E-state index in [4.69, 9.17) is 0 Å². The van der Waals surface area contributed by atoms with Crippen molar-refractivity contribution in [2.45, 2.75) is 27.2 Å². The van der Waals surface area contributed by atoms with Crippen molar-refractivity contribution < 1.29 is 9.59 Å². The van der Waals surface area contributed by atoms with Gasteiger partial charge in [0.1, 0.15) is 0 Å². The Kier molecular flexibility index (Phi) is 4.15. The van der Waals surface area contributed by atoms with E-state index in [0.29, 0.717) is 11.1 Å². The third kappa shape index (κ3) is 2.67. The first-order valence-corrected chi connectivity index (χ1v) is 9.20. The molecule has 1 aromatic heterocycles. The van der Waals surface area contributed by atoms with Crippen LogP contribution >= 0.6 is 0 Å². The lowest BCUT2D eigenvalue weighted by atomic mass is 10.1. The summed E-state index contributed by atoms with van der Waals surface area (Å²) in [6, 6.07) is 17.4. The highest BCUT2D eigenvalue weighted by Gasteiger charge is 2.32. The zero-order valence-corrected chi connectivity index (χ0v) is 15.7. The van der Waals surface area contributed by atoms with E-state index >= 15 is 0 Å². The van der Waals surface area contributed by atoms with Crippen molar-refractivity contribution in [2.24, 2.45) is 0 Å². The molecule has 0 aliphatic heterocycles. The van der Waals surface area contributed by atoms with Crippen molar-refractivity contribution >= 4 is 17.6 Å². The van der Waals surface area contributed by atoms with Crippen LogP contribution in [0.4, 0.5) is 0 Å². The predicted molar refractivity (Wildman–Crippen MR) is 108 cm³/mol. The lowest BCUT2D eigenvalue weighted by Crippen LogP contribution is -2.03. The van der Waals surface area contributed by atoms with E-state index in [-0.39, 0.29) is 17.1 Å². The molecule has 0 amide bonds. The van der Waals surface area contributed by atoms with Gasteiger partial charge in [0.25, 0.3) is 0 Å². The number of aromatic nitrogens is 1.